The molecule has 0 radical (unpaired) electrons. The van der Waals surface area contributed by atoms with E-state index >= 15 is 0 Å². The Morgan fingerprint density at radius 2 is 2.14 bits per heavy atom. The fraction of sp³-hybridized carbons (Fsp3) is 0.286. The molecule has 1 aromatic carbocycles. The van der Waals surface area contributed by atoms with Crippen molar-refractivity contribution in [1.82, 2.24) is 9.78 Å². The molecule has 0 amide bonds. The summed E-state index contributed by atoms with van der Waals surface area (Å²) in [6.07, 6.45) is 1.49. The van der Waals surface area contributed by atoms with E-state index in [9.17, 15) is 14.9 Å². The quantitative estimate of drug-likeness (QED) is 0.475. The topological polar surface area (TPSA) is 90.5 Å². The summed E-state index contributed by atoms with van der Waals surface area (Å²) in [6.45, 7) is -0.0431. The number of aryl methyl sites for hydroxylation is 1. The fourth-order valence-electron chi connectivity index (χ4n) is 1.98. The summed E-state index contributed by atoms with van der Waals surface area (Å²) in [5.41, 5.74) is 1.33. The van der Waals surface area contributed by atoms with Crippen molar-refractivity contribution in [2.75, 3.05) is 19.0 Å². The van der Waals surface area contributed by atoms with Gasteiger partial charge in [-0.25, -0.2) is 4.79 Å². The van der Waals surface area contributed by atoms with E-state index in [1.165, 1.54) is 16.9 Å². The minimum Gasteiger partial charge on any atom is -0.456 e. The third-order valence-corrected chi connectivity index (χ3v) is 3.12. The molecule has 0 spiro atoms. The van der Waals surface area contributed by atoms with Crippen molar-refractivity contribution < 1.29 is 14.5 Å². The minimum absolute atomic E-state index is 0.0286. The second-order valence-corrected chi connectivity index (χ2v) is 4.89. The van der Waals surface area contributed by atoms with E-state index in [0.717, 1.165) is 0 Å². The summed E-state index contributed by atoms with van der Waals surface area (Å²) in [5.74, 6) is -0.528. The Bertz CT molecular complexity index is 709. The second-order valence-electron chi connectivity index (χ2n) is 4.89. The normalized spacial score (nSPS) is 10.3. The van der Waals surface area contributed by atoms with E-state index in [1.807, 2.05) is 0 Å². The summed E-state index contributed by atoms with van der Waals surface area (Å²) >= 11 is 0. The van der Waals surface area contributed by atoms with Crippen LogP contribution < -0.4 is 4.90 Å². The number of hydrogen-bond acceptors (Lipinski definition) is 6. The van der Waals surface area contributed by atoms with Crippen LogP contribution >= 0.6 is 0 Å². The van der Waals surface area contributed by atoms with E-state index in [1.54, 1.807) is 44.2 Å². The van der Waals surface area contributed by atoms with Crippen LogP contribution in [0.4, 0.5) is 11.4 Å². The zero-order valence-corrected chi connectivity index (χ0v) is 12.5. The lowest BCUT2D eigenvalue weighted by molar-refractivity contribution is -0.384. The SMILES string of the molecule is CN(C)c1ccc(COC(=O)c2ccnn2C)cc1[N+](=O)[O-]. The Morgan fingerprint density at radius 1 is 1.41 bits per heavy atom. The highest BCUT2D eigenvalue weighted by molar-refractivity contribution is 5.87. The largest absolute Gasteiger partial charge is 0.456 e. The van der Waals surface area contributed by atoms with Crippen LogP contribution in [0.1, 0.15) is 16.1 Å². The second kappa shape index (κ2) is 6.25. The highest BCUT2D eigenvalue weighted by Crippen LogP contribution is 2.28. The first-order valence-corrected chi connectivity index (χ1v) is 6.50. The summed E-state index contributed by atoms with van der Waals surface area (Å²) in [7, 11) is 5.09. The predicted molar refractivity (Wildman–Crippen MR) is 79.8 cm³/mol. The lowest BCUT2D eigenvalue weighted by atomic mass is 10.1. The Balaban J connectivity index is 2.14. The number of benzene rings is 1. The predicted octanol–water partition coefficient (Wildman–Crippen LogP) is 1.75. The first kappa shape index (κ1) is 15.5. The number of ether oxygens (including phenoxy) is 1. The van der Waals surface area contributed by atoms with Crippen molar-refractivity contribution in [2.24, 2.45) is 7.05 Å². The first-order chi connectivity index (χ1) is 10.4. The van der Waals surface area contributed by atoms with Gasteiger partial charge in [-0.3, -0.25) is 14.8 Å². The van der Waals surface area contributed by atoms with Gasteiger partial charge in [0.05, 0.1) is 4.92 Å². The van der Waals surface area contributed by atoms with Gasteiger partial charge in [0.2, 0.25) is 0 Å². The Hall–Kier alpha value is -2.90. The smallest absolute Gasteiger partial charge is 0.356 e. The van der Waals surface area contributed by atoms with Gasteiger partial charge in [-0.15, -0.1) is 0 Å². The van der Waals surface area contributed by atoms with Gasteiger partial charge < -0.3 is 9.64 Å². The highest BCUT2D eigenvalue weighted by atomic mass is 16.6. The van der Waals surface area contributed by atoms with Crippen molar-refractivity contribution >= 4 is 17.3 Å². The van der Waals surface area contributed by atoms with Crippen LogP contribution in [0.5, 0.6) is 0 Å². The van der Waals surface area contributed by atoms with Crippen molar-refractivity contribution in [3.8, 4) is 0 Å². The van der Waals surface area contributed by atoms with Crippen LogP contribution in [-0.2, 0) is 18.4 Å². The third-order valence-electron chi connectivity index (χ3n) is 3.12. The molecule has 0 saturated heterocycles. The molecule has 0 aliphatic carbocycles. The van der Waals surface area contributed by atoms with Crippen molar-refractivity contribution in [3.05, 3.63) is 51.8 Å². The molecule has 0 bridgehead atoms. The maximum absolute atomic E-state index is 11.9. The molecular formula is C14H16N4O4. The minimum atomic E-state index is -0.528. The lowest BCUT2D eigenvalue weighted by Gasteiger charge is -2.13. The van der Waals surface area contributed by atoms with Crippen LogP contribution in [0.15, 0.2) is 30.5 Å². The number of nitro groups is 1. The maximum Gasteiger partial charge on any atom is 0.356 e. The van der Waals surface area contributed by atoms with E-state index in [0.29, 0.717) is 16.9 Å². The molecule has 22 heavy (non-hydrogen) atoms. The molecule has 0 fully saturated rings. The van der Waals surface area contributed by atoms with Gasteiger partial charge in [-0.05, 0) is 17.7 Å². The average Bonchev–Trinajstić information content (AvgIpc) is 2.90. The Morgan fingerprint density at radius 3 is 2.68 bits per heavy atom. The van der Waals surface area contributed by atoms with E-state index in [2.05, 4.69) is 5.10 Å². The number of carbonyl (C=O) groups excluding carboxylic acids is 1. The molecule has 2 rings (SSSR count). The average molecular weight is 304 g/mol. The third kappa shape index (κ3) is 3.22. The molecule has 0 aliphatic heterocycles. The van der Waals surface area contributed by atoms with Gasteiger partial charge in [0.25, 0.3) is 5.69 Å². The molecule has 0 N–H and O–H groups in total. The molecule has 0 atom stereocenters. The molecule has 8 heteroatoms. The molecule has 116 valence electrons. The van der Waals surface area contributed by atoms with Crippen molar-refractivity contribution in [3.63, 3.8) is 0 Å². The summed E-state index contributed by atoms with van der Waals surface area (Å²) < 4.78 is 6.56. The Kier molecular flexibility index (Phi) is 4.40. The zero-order valence-electron chi connectivity index (χ0n) is 12.5. The number of esters is 1. The van der Waals surface area contributed by atoms with Crippen molar-refractivity contribution in [1.29, 1.82) is 0 Å². The summed E-state index contributed by atoms with van der Waals surface area (Å²) in [4.78, 5) is 24.2. The number of anilines is 1. The summed E-state index contributed by atoms with van der Waals surface area (Å²) in [5, 5.41) is 15.0. The number of rotatable bonds is 5. The molecule has 2 aromatic rings. The van der Waals surface area contributed by atoms with Gasteiger partial charge in [-0.1, -0.05) is 6.07 Å². The van der Waals surface area contributed by atoms with Crippen LogP contribution in [0.25, 0.3) is 0 Å². The fourth-order valence-corrected chi connectivity index (χ4v) is 1.98. The molecule has 1 aromatic heterocycles. The highest BCUT2D eigenvalue weighted by Gasteiger charge is 2.17. The standard InChI is InChI=1S/C14H16N4O4/c1-16(2)11-5-4-10(8-13(11)18(20)21)9-22-14(19)12-6-7-15-17(12)3/h4-8H,9H2,1-3H3. The van der Waals surface area contributed by atoms with Gasteiger partial charge in [0.15, 0.2) is 0 Å². The zero-order chi connectivity index (χ0) is 16.3. The number of aromatic nitrogens is 2. The van der Waals surface area contributed by atoms with Crippen LogP contribution in [0.3, 0.4) is 0 Å². The molecule has 1 heterocycles. The molecule has 0 saturated carbocycles. The van der Waals surface area contributed by atoms with Gasteiger partial charge >= 0.3 is 5.97 Å². The monoisotopic (exact) mass is 304 g/mol. The first-order valence-electron chi connectivity index (χ1n) is 6.50. The maximum atomic E-state index is 11.9. The number of nitro benzene ring substituents is 1. The van der Waals surface area contributed by atoms with Crippen LogP contribution in [-0.4, -0.2) is 34.8 Å². The Labute approximate surface area is 127 Å². The lowest BCUT2D eigenvalue weighted by Crippen LogP contribution is -2.12. The van der Waals surface area contributed by atoms with Crippen molar-refractivity contribution in [2.45, 2.75) is 6.61 Å². The molecule has 0 unspecified atom stereocenters. The van der Waals surface area contributed by atoms with E-state index < -0.39 is 10.9 Å². The molecule has 8 nitrogen and oxygen atoms in total. The number of hydrogen-bond donors (Lipinski definition) is 0. The molecule has 0 aliphatic rings. The number of nitrogens with zero attached hydrogens (tertiary/aromatic N) is 4. The summed E-state index contributed by atoms with van der Waals surface area (Å²) in [6, 6.07) is 6.27. The van der Waals surface area contributed by atoms with Gasteiger partial charge in [0.1, 0.15) is 18.0 Å². The molecular weight excluding hydrogens is 288 g/mol. The van der Waals surface area contributed by atoms with Gasteiger partial charge in [0, 0.05) is 33.4 Å². The van der Waals surface area contributed by atoms with Gasteiger partial charge in [-0.2, -0.15) is 5.10 Å². The van der Waals surface area contributed by atoms with E-state index in [-0.39, 0.29) is 12.3 Å². The number of carbonyl (C=O) groups is 1. The van der Waals surface area contributed by atoms with Crippen LogP contribution in [0.2, 0.25) is 0 Å². The van der Waals surface area contributed by atoms with E-state index in [4.69, 9.17) is 4.74 Å². The van der Waals surface area contributed by atoms with Crippen LogP contribution in [0, 0.1) is 10.1 Å².